The summed E-state index contributed by atoms with van der Waals surface area (Å²) in [5.41, 5.74) is 5.16. The number of hydrogen-bond donors (Lipinski definition) is 4. The number of ether oxygens (including phenoxy) is 1. The second-order valence-corrected chi connectivity index (χ2v) is 5.38. The lowest BCUT2D eigenvalue weighted by atomic mass is 10.2. The van der Waals surface area contributed by atoms with Gasteiger partial charge in [-0.1, -0.05) is 0 Å². The van der Waals surface area contributed by atoms with Gasteiger partial charge in [-0.3, -0.25) is 4.79 Å². The number of rotatable bonds is 4. The third-order valence-corrected chi connectivity index (χ3v) is 3.57. The number of methoxy groups -OCH3 is 1. The normalized spacial score (nSPS) is 11.0. The minimum absolute atomic E-state index is 0.0378. The molecule has 24 heavy (non-hydrogen) atoms. The Kier molecular flexibility index (Phi) is 4.30. The van der Waals surface area contributed by atoms with Crippen LogP contribution in [0, 0.1) is 4.77 Å². The molecule has 0 fully saturated rings. The van der Waals surface area contributed by atoms with Gasteiger partial charge >= 0.3 is 0 Å². The lowest BCUT2D eigenvalue weighted by Crippen LogP contribution is -2.17. The van der Waals surface area contributed by atoms with Crippen LogP contribution < -0.4 is 10.2 Å². The summed E-state index contributed by atoms with van der Waals surface area (Å²) in [5, 5.41) is 13.4. The van der Waals surface area contributed by atoms with Gasteiger partial charge in [-0.15, -0.1) is 0 Å². The smallest absolute Gasteiger partial charge is 0.271 e. The maximum Gasteiger partial charge on any atom is 0.271 e. The Labute approximate surface area is 142 Å². The molecule has 0 saturated heterocycles. The molecule has 8 heteroatoms. The van der Waals surface area contributed by atoms with Gasteiger partial charge in [0.25, 0.3) is 5.91 Å². The highest BCUT2D eigenvalue weighted by Gasteiger charge is 2.06. The monoisotopic (exact) mass is 342 g/mol. The SMILES string of the molecule is COc1cc(/C=N\NC(=O)c2ccc3[nH]c(=S)[nH]c3c2)ccc1O. The van der Waals surface area contributed by atoms with Crippen molar-refractivity contribution >= 4 is 35.4 Å². The lowest BCUT2D eigenvalue weighted by molar-refractivity contribution is 0.0955. The number of nitrogens with zero attached hydrogens (tertiary/aromatic N) is 1. The molecule has 0 radical (unpaired) electrons. The molecule has 1 aromatic heterocycles. The fourth-order valence-electron chi connectivity index (χ4n) is 2.18. The van der Waals surface area contributed by atoms with Gasteiger partial charge in [0.15, 0.2) is 16.3 Å². The van der Waals surface area contributed by atoms with Gasteiger partial charge in [-0.05, 0) is 54.2 Å². The third kappa shape index (κ3) is 3.28. The van der Waals surface area contributed by atoms with E-state index in [1.54, 1.807) is 30.3 Å². The molecule has 0 bridgehead atoms. The van der Waals surface area contributed by atoms with E-state index in [-0.39, 0.29) is 11.7 Å². The summed E-state index contributed by atoms with van der Waals surface area (Å²) >= 11 is 5.01. The molecule has 1 heterocycles. The second kappa shape index (κ2) is 6.55. The Morgan fingerprint density at radius 1 is 1.25 bits per heavy atom. The third-order valence-electron chi connectivity index (χ3n) is 3.36. The van der Waals surface area contributed by atoms with Crippen molar-refractivity contribution < 1.29 is 14.6 Å². The molecule has 7 nitrogen and oxygen atoms in total. The molecule has 2 aromatic carbocycles. The van der Waals surface area contributed by atoms with E-state index in [0.717, 1.165) is 11.0 Å². The summed E-state index contributed by atoms with van der Waals surface area (Å²) in [5.74, 6) is 0.0219. The van der Waals surface area contributed by atoms with Gasteiger partial charge in [0.2, 0.25) is 0 Å². The van der Waals surface area contributed by atoms with Crippen molar-refractivity contribution in [3.8, 4) is 11.5 Å². The Morgan fingerprint density at radius 2 is 2.04 bits per heavy atom. The van der Waals surface area contributed by atoms with Crippen molar-refractivity contribution in [3.63, 3.8) is 0 Å². The summed E-state index contributed by atoms with van der Waals surface area (Å²) in [6.45, 7) is 0. The summed E-state index contributed by atoms with van der Waals surface area (Å²) in [7, 11) is 1.46. The van der Waals surface area contributed by atoms with Crippen molar-refractivity contribution in [1.82, 2.24) is 15.4 Å². The van der Waals surface area contributed by atoms with E-state index in [9.17, 15) is 9.90 Å². The number of amides is 1. The average molecular weight is 342 g/mol. The number of imidazole rings is 1. The van der Waals surface area contributed by atoms with Crippen LogP contribution in [0.2, 0.25) is 0 Å². The largest absolute Gasteiger partial charge is 0.504 e. The van der Waals surface area contributed by atoms with Crippen LogP contribution in [0.5, 0.6) is 11.5 Å². The number of phenols is 1. The van der Waals surface area contributed by atoms with E-state index >= 15 is 0 Å². The van der Waals surface area contributed by atoms with E-state index in [0.29, 0.717) is 21.6 Å². The Bertz CT molecular complexity index is 990. The number of phenolic OH excluding ortho intramolecular Hbond substituents is 1. The number of aromatic hydroxyl groups is 1. The predicted octanol–water partition coefficient (Wildman–Crippen LogP) is 2.70. The number of H-pyrrole nitrogens is 2. The van der Waals surface area contributed by atoms with Crippen LogP contribution in [-0.2, 0) is 0 Å². The Morgan fingerprint density at radius 3 is 2.83 bits per heavy atom. The van der Waals surface area contributed by atoms with Crippen LogP contribution in [0.25, 0.3) is 11.0 Å². The fourth-order valence-corrected chi connectivity index (χ4v) is 2.40. The van der Waals surface area contributed by atoms with Crippen molar-refractivity contribution in [2.45, 2.75) is 0 Å². The van der Waals surface area contributed by atoms with Gasteiger partial charge < -0.3 is 19.8 Å². The molecule has 0 spiro atoms. The molecule has 0 aliphatic heterocycles. The molecule has 0 aliphatic rings. The zero-order valence-electron chi connectivity index (χ0n) is 12.7. The molecule has 122 valence electrons. The van der Waals surface area contributed by atoms with Crippen molar-refractivity contribution in [3.05, 3.63) is 52.3 Å². The molecule has 0 aliphatic carbocycles. The van der Waals surface area contributed by atoms with Gasteiger partial charge in [0, 0.05) is 5.56 Å². The number of benzene rings is 2. The molecule has 4 N–H and O–H groups in total. The lowest BCUT2D eigenvalue weighted by Gasteiger charge is -2.03. The topological polar surface area (TPSA) is 102 Å². The number of hydrogen-bond acceptors (Lipinski definition) is 5. The average Bonchev–Trinajstić information content (AvgIpc) is 2.95. The maximum atomic E-state index is 12.1. The molecule has 0 atom stereocenters. The van der Waals surface area contributed by atoms with Gasteiger partial charge in [-0.2, -0.15) is 5.10 Å². The quantitative estimate of drug-likeness (QED) is 0.332. The minimum Gasteiger partial charge on any atom is -0.504 e. The number of aromatic nitrogens is 2. The minimum atomic E-state index is -0.348. The highest BCUT2D eigenvalue weighted by Crippen LogP contribution is 2.25. The van der Waals surface area contributed by atoms with Crippen molar-refractivity contribution in [1.29, 1.82) is 0 Å². The Balaban J connectivity index is 1.73. The fraction of sp³-hybridized carbons (Fsp3) is 0.0625. The van der Waals surface area contributed by atoms with Gasteiger partial charge in [-0.25, -0.2) is 5.43 Å². The first-order valence-corrected chi connectivity index (χ1v) is 7.40. The van der Waals surface area contributed by atoms with E-state index in [2.05, 4.69) is 20.5 Å². The number of nitrogens with one attached hydrogen (secondary N) is 3. The van der Waals surface area contributed by atoms with E-state index in [1.165, 1.54) is 19.4 Å². The number of hydrazone groups is 1. The zero-order chi connectivity index (χ0) is 17.1. The molecule has 1 amide bonds. The molecular weight excluding hydrogens is 328 g/mol. The van der Waals surface area contributed by atoms with Crippen LogP contribution in [0.3, 0.4) is 0 Å². The van der Waals surface area contributed by atoms with Crippen molar-refractivity contribution in [2.75, 3.05) is 7.11 Å². The van der Waals surface area contributed by atoms with Crippen LogP contribution in [0.4, 0.5) is 0 Å². The summed E-state index contributed by atoms with van der Waals surface area (Å²) < 4.78 is 5.51. The summed E-state index contributed by atoms with van der Waals surface area (Å²) in [6, 6.07) is 9.89. The van der Waals surface area contributed by atoms with Gasteiger partial charge in [0.1, 0.15) is 0 Å². The zero-order valence-corrected chi connectivity index (χ0v) is 13.5. The van der Waals surface area contributed by atoms with Crippen LogP contribution in [-0.4, -0.2) is 34.3 Å². The molecular formula is C16H14N4O3S. The maximum absolute atomic E-state index is 12.1. The predicted molar refractivity (Wildman–Crippen MR) is 93.2 cm³/mol. The highest BCUT2D eigenvalue weighted by atomic mass is 32.1. The first kappa shape index (κ1) is 15.8. The van der Waals surface area contributed by atoms with Crippen LogP contribution >= 0.6 is 12.2 Å². The van der Waals surface area contributed by atoms with E-state index in [1.807, 2.05) is 0 Å². The summed E-state index contributed by atoms with van der Waals surface area (Å²) in [6.07, 6.45) is 1.46. The second-order valence-electron chi connectivity index (χ2n) is 4.97. The first-order chi connectivity index (χ1) is 11.6. The number of carbonyl (C=O) groups excluding carboxylic acids is 1. The van der Waals surface area contributed by atoms with E-state index in [4.69, 9.17) is 17.0 Å². The number of carbonyl (C=O) groups is 1. The van der Waals surface area contributed by atoms with Crippen LogP contribution in [0.15, 0.2) is 41.5 Å². The first-order valence-electron chi connectivity index (χ1n) is 6.99. The highest BCUT2D eigenvalue weighted by molar-refractivity contribution is 7.71. The molecule has 0 saturated carbocycles. The van der Waals surface area contributed by atoms with Gasteiger partial charge in [0.05, 0.1) is 24.4 Å². The van der Waals surface area contributed by atoms with Crippen molar-refractivity contribution in [2.24, 2.45) is 5.10 Å². The number of fused-ring (bicyclic) bond motifs is 1. The summed E-state index contributed by atoms with van der Waals surface area (Å²) in [4.78, 5) is 18.1. The van der Waals surface area contributed by atoms with E-state index < -0.39 is 0 Å². The molecule has 0 unspecified atom stereocenters. The molecule has 3 rings (SSSR count). The standard InChI is InChI=1S/C16H14N4O3S/c1-23-14-6-9(2-5-13(14)21)8-17-20-15(22)10-3-4-11-12(7-10)19-16(24)18-11/h2-8,21H,1H3,(H,20,22)(H2,18,19,24)/b17-8-. The Hall–Kier alpha value is -3.13. The van der Waals surface area contributed by atoms with Crippen LogP contribution in [0.1, 0.15) is 15.9 Å². The number of aromatic amines is 2. The molecule has 3 aromatic rings.